The highest BCUT2D eigenvalue weighted by Crippen LogP contribution is 2.42. The molecule has 3 rings (SSSR count). The molecule has 1 aromatic carbocycles. The van der Waals surface area contributed by atoms with Crippen molar-refractivity contribution in [3.05, 3.63) is 57.8 Å². The molecule has 1 N–H and O–H groups in total. The van der Waals surface area contributed by atoms with Gasteiger partial charge in [-0.2, -0.15) is 0 Å². The van der Waals surface area contributed by atoms with Gasteiger partial charge in [0, 0.05) is 23.6 Å². The molecule has 0 bridgehead atoms. The lowest BCUT2D eigenvalue weighted by atomic mass is 10.0. The zero-order valence-corrected chi connectivity index (χ0v) is 21.5. The van der Waals surface area contributed by atoms with Crippen molar-refractivity contribution in [2.45, 2.75) is 78.4 Å². The minimum absolute atomic E-state index is 0.00524. The Bertz CT molecular complexity index is 1170. The number of carbonyl (C=O) groups is 2. The molecule has 1 aliphatic rings. The molecule has 194 valence electrons. The Morgan fingerprint density at radius 2 is 1.67 bits per heavy atom. The molecule has 0 fully saturated rings. The van der Waals surface area contributed by atoms with E-state index in [-0.39, 0.29) is 29.3 Å². The number of aliphatic hydroxyl groups is 1. The molecule has 1 aliphatic heterocycles. The van der Waals surface area contributed by atoms with Crippen molar-refractivity contribution < 1.29 is 29.1 Å². The van der Waals surface area contributed by atoms with E-state index >= 15 is 0 Å². The first kappa shape index (κ1) is 26.9. The van der Waals surface area contributed by atoms with Gasteiger partial charge >= 0.3 is 12.2 Å². The maximum atomic E-state index is 13.4. The molecule has 36 heavy (non-hydrogen) atoms. The van der Waals surface area contributed by atoms with Gasteiger partial charge in [0.1, 0.15) is 23.1 Å². The van der Waals surface area contributed by atoms with Crippen LogP contribution in [0.1, 0.15) is 65.7 Å². The fourth-order valence-corrected chi connectivity index (χ4v) is 3.62. The largest absolute Gasteiger partial charge is 0.443 e. The highest BCUT2D eigenvalue weighted by molar-refractivity contribution is 6.04. The van der Waals surface area contributed by atoms with Gasteiger partial charge in [-0.1, -0.05) is 12.1 Å². The van der Waals surface area contributed by atoms with Crippen LogP contribution in [0.4, 0.5) is 26.8 Å². The second-order valence-corrected chi connectivity index (χ2v) is 10.6. The van der Waals surface area contributed by atoms with Crippen molar-refractivity contribution in [1.82, 2.24) is 4.98 Å². The van der Waals surface area contributed by atoms with E-state index < -0.39 is 40.5 Å². The Hall–Kier alpha value is -3.73. The monoisotopic (exact) mass is 500 g/mol. The fraction of sp³-hybridized carbons (Fsp3) is 0.480. The third kappa shape index (κ3) is 5.91. The van der Waals surface area contributed by atoms with E-state index in [9.17, 15) is 24.8 Å². The van der Waals surface area contributed by atoms with Crippen LogP contribution in [-0.4, -0.2) is 44.4 Å². The maximum Gasteiger partial charge on any atom is 0.420 e. The smallest absolute Gasteiger partial charge is 0.420 e. The van der Waals surface area contributed by atoms with Crippen molar-refractivity contribution in [2.75, 3.05) is 9.80 Å². The molecule has 2 amide bonds. The van der Waals surface area contributed by atoms with E-state index in [0.29, 0.717) is 5.56 Å². The van der Waals surface area contributed by atoms with Crippen LogP contribution in [0.5, 0.6) is 0 Å². The van der Waals surface area contributed by atoms with Crippen LogP contribution >= 0.6 is 0 Å². The Morgan fingerprint density at radius 3 is 2.25 bits per heavy atom. The summed E-state index contributed by atoms with van der Waals surface area (Å²) < 4.78 is 11.3. The summed E-state index contributed by atoms with van der Waals surface area (Å²) in [5.41, 5.74) is -0.428. The van der Waals surface area contributed by atoms with Crippen molar-refractivity contribution in [2.24, 2.45) is 0 Å². The number of aliphatic hydroxyl groups excluding tert-OH is 1. The van der Waals surface area contributed by atoms with Crippen molar-refractivity contribution in [3.63, 3.8) is 0 Å². The predicted octanol–water partition coefficient (Wildman–Crippen LogP) is 5.11. The maximum absolute atomic E-state index is 13.4. The Labute approximate surface area is 209 Å². The van der Waals surface area contributed by atoms with Crippen molar-refractivity contribution >= 4 is 29.4 Å². The third-order valence-corrected chi connectivity index (χ3v) is 5.26. The molecule has 0 saturated carbocycles. The van der Waals surface area contributed by atoms with Gasteiger partial charge in [-0.3, -0.25) is 15.0 Å². The SMILES string of the molecule is CC(C(O)c1ccc2c(c1)N(C(=O)OC(C)(C)C)Cc1cccnc1N2C(=O)OC(C)(C)C)[N+](=O)[O-]. The Kier molecular flexibility index (Phi) is 7.26. The molecule has 2 unspecified atom stereocenters. The number of amides is 2. The summed E-state index contributed by atoms with van der Waals surface area (Å²) in [5, 5.41) is 21.9. The summed E-state index contributed by atoms with van der Waals surface area (Å²) in [5.74, 6) is 0.269. The lowest BCUT2D eigenvalue weighted by molar-refractivity contribution is -0.531. The van der Waals surface area contributed by atoms with Crippen LogP contribution in [0.15, 0.2) is 36.5 Å². The number of nitro groups is 1. The molecule has 1 aromatic heterocycles. The van der Waals surface area contributed by atoms with E-state index in [1.807, 2.05) is 0 Å². The molecule has 2 heterocycles. The minimum Gasteiger partial charge on any atom is -0.443 e. The number of benzene rings is 1. The normalized spacial score (nSPS) is 15.2. The van der Waals surface area contributed by atoms with Gasteiger partial charge in [0.15, 0.2) is 0 Å². The molecular formula is C25H32N4O7. The van der Waals surface area contributed by atoms with Gasteiger partial charge in [0.2, 0.25) is 6.04 Å². The standard InChI is InChI=1S/C25H32N4O7/c1-15(29(33)34)20(30)16-10-11-18-19(13-16)27(22(31)35-24(2,3)4)14-17-9-8-12-26-21(17)28(18)23(32)36-25(5,6)7/h8-13,15,20,30H,14H2,1-7H3. The first-order valence-corrected chi connectivity index (χ1v) is 11.5. The van der Waals surface area contributed by atoms with Gasteiger partial charge < -0.3 is 14.6 Å². The molecular weight excluding hydrogens is 468 g/mol. The van der Waals surface area contributed by atoms with Crippen LogP contribution in [0.2, 0.25) is 0 Å². The molecule has 0 saturated heterocycles. The number of carbonyl (C=O) groups excluding carboxylic acids is 2. The quantitative estimate of drug-likeness (QED) is 0.454. The second-order valence-electron chi connectivity index (χ2n) is 10.6. The number of pyridine rings is 1. The lowest BCUT2D eigenvalue weighted by Gasteiger charge is -2.30. The summed E-state index contributed by atoms with van der Waals surface area (Å²) in [6, 6.07) is 6.54. The molecule has 0 radical (unpaired) electrons. The Morgan fingerprint density at radius 1 is 1.06 bits per heavy atom. The van der Waals surface area contributed by atoms with E-state index in [1.165, 1.54) is 41.1 Å². The predicted molar refractivity (Wildman–Crippen MR) is 133 cm³/mol. The van der Waals surface area contributed by atoms with Gasteiger partial charge in [-0.25, -0.2) is 19.5 Å². The average Bonchev–Trinajstić information content (AvgIpc) is 2.89. The number of ether oxygens (including phenoxy) is 2. The lowest BCUT2D eigenvalue weighted by Crippen LogP contribution is -2.37. The summed E-state index contributed by atoms with van der Waals surface area (Å²) >= 11 is 0. The zero-order valence-electron chi connectivity index (χ0n) is 21.5. The average molecular weight is 501 g/mol. The number of hydrogen-bond donors (Lipinski definition) is 1. The zero-order chi connectivity index (χ0) is 27.0. The van der Waals surface area contributed by atoms with Crippen LogP contribution in [0.25, 0.3) is 0 Å². The molecule has 2 aromatic rings. The molecule has 0 spiro atoms. The highest BCUT2D eigenvalue weighted by Gasteiger charge is 2.37. The molecule has 11 nitrogen and oxygen atoms in total. The summed E-state index contributed by atoms with van der Waals surface area (Å²) in [7, 11) is 0. The van der Waals surface area contributed by atoms with Crippen LogP contribution < -0.4 is 9.80 Å². The van der Waals surface area contributed by atoms with Crippen molar-refractivity contribution in [3.8, 4) is 0 Å². The molecule has 0 aliphatic carbocycles. The molecule has 2 atom stereocenters. The first-order valence-electron chi connectivity index (χ1n) is 11.5. The highest BCUT2D eigenvalue weighted by atomic mass is 16.6. The fourth-order valence-electron chi connectivity index (χ4n) is 3.62. The number of nitrogens with zero attached hydrogens (tertiary/aromatic N) is 4. The van der Waals surface area contributed by atoms with Crippen LogP contribution in [0, 0.1) is 10.1 Å². The second kappa shape index (κ2) is 9.73. The minimum atomic E-state index is -1.45. The van der Waals surface area contributed by atoms with Crippen molar-refractivity contribution in [1.29, 1.82) is 0 Å². The number of aromatic nitrogens is 1. The number of fused-ring (bicyclic) bond motifs is 2. The van der Waals surface area contributed by atoms with Gasteiger partial charge in [-0.05, 0) is 65.3 Å². The first-order chi connectivity index (χ1) is 16.6. The number of rotatable bonds is 3. The van der Waals surface area contributed by atoms with Gasteiger partial charge in [0.05, 0.1) is 17.9 Å². The van der Waals surface area contributed by atoms with E-state index in [0.717, 1.165) is 0 Å². The number of anilines is 3. The number of hydrogen-bond acceptors (Lipinski definition) is 8. The van der Waals surface area contributed by atoms with Gasteiger partial charge in [0.25, 0.3) is 0 Å². The summed E-state index contributed by atoms with van der Waals surface area (Å²) in [6.07, 6.45) is -1.35. The van der Waals surface area contributed by atoms with Crippen LogP contribution in [-0.2, 0) is 16.0 Å². The topological polar surface area (TPSA) is 135 Å². The van der Waals surface area contributed by atoms with Crippen LogP contribution in [0.3, 0.4) is 0 Å². The summed E-state index contributed by atoms with van der Waals surface area (Å²) in [4.78, 5) is 44.4. The van der Waals surface area contributed by atoms with Gasteiger partial charge in [-0.15, -0.1) is 0 Å². The summed E-state index contributed by atoms with van der Waals surface area (Å²) in [6.45, 7) is 11.7. The molecule has 11 heteroatoms. The Balaban J connectivity index is 2.25. The third-order valence-electron chi connectivity index (χ3n) is 5.26. The van der Waals surface area contributed by atoms with E-state index in [2.05, 4.69) is 4.98 Å². The van der Waals surface area contributed by atoms with E-state index in [1.54, 1.807) is 53.7 Å². The van der Waals surface area contributed by atoms with E-state index in [4.69, 9.17) is 9.47 Å².